The lowest BCUT2D eigenvalue weighted by Gasteiger charge is -2.16. The summed E-state index contributed by atoms with van der Waals surface area (Å²) in [6.07, 6.45) is -0.0765. The fourth-order valence-electron chi connectivity index (χ4n) is 2.12. The van der Waals surface area contributed by atoms with Gasteiger partial charge in [-0.3, -0.25) is 0 Å². The van der Waals surface area contributed by atoms with Gasteiger partial charge in [0.2, 0.25) is 0 Å². The maximum absolute atomic E-state index is 6.00. The molecular formula is C16H15NOS. The Morgan fingerprint density at radius 2 is 1.89 bits per heavy atom. The van der Waals surface area contributed by atoms with Gasteiger partial charge in [-0.1, -0.05) is 30.3 Å². The van der Waals surface area contributed by atoms with Crippen molar-refractivity contribution in [1.82, 2.24) is 0 Å². The van der Waals surface area contributed by atoms with E-state index < -0.39 is 0 Å². The zero-order chi connectivity index (χ0) is 13.1. The van der Waals surface area contributed by atoms with Crippen LogP contribution >= 0.6 is 11.3 Å². The number of thiophene rings is 1. The molecule has 2 aromatic carbocycles. The Morgan fingerprint density at radius 3 is 2.63 bits per heavy atom. The first-order valence-electron chi connectivity index (χ1n) is 6.24. The monoisotopic (exact) mass is 269 g/mol. The molecule has 1 heterocycles. The van der Waals surface area contributed by atoms with Crippen molar-refractivity contribution >= 4 is 22.1 Å². The van der Waals surface area contributed by atoms with E-state index in [0.29, 0.717) is 6.54 Å². The number of ether oxygens (including phenoxy) is 1. The van der Waals surface area contributed by atoms with Crippen LogP contribution in [0.2, 0.25) is 0 Å². The summed E-state index contributed by atoms with van der Waals surface area (Å²) in [5, 5.41) is 6.52. The van der Waals surface area contributed by atoms with Gasteiger partial charge in [-0.25, -0.2) is 0 Å². The molecular weight excluding hydrogens is 254 g/mol. The summed E-state index contributed by atoms with van der Waals surface area (Å²) in [6, 6.07) is 16.4. The van der Waals surface area contributed by atoms with Crippen molar-refractivity contribution in [3.63, 3.8) is 0 Å². The highest BCUT2D eigenvalue weighted by Gasteiger charge is 2.11. The molecule has 3 heteroatoms. The third kappa shape index (κ3) is 2.62. The average molecular weight is 269 g/mol. The van der Waals surface area contributed by atoms with E-state index in [1.807, 2.05) is 23.6 Å². The summed E-state index contributed by atoms with van der Waals surface area (Å²) in [6.45, 7) is 0.476. The second-order valence-electron chi connectivity index (χ2n) is 4.41. The number of nitrogens with two attached hydrogens (primary N) is 1. The molecule has 0 saturated carbocycles. The molecule has 2 nitrogen and oxygen atoms in total. The van der Waals surface area contributed by atoms with E-state index in [4.69, 9.17) is 10.5 Å². The van der Waals surface area contributed by atoms with Crippen LogP contribution < -0.4 is 10.5 Å². The number of hydrogen-bond donors (Lipinski definition) is 1. The van der Waals surface area contributed by atoms with E-state index in [1.54, 1.807) is 11.3 Å². The molecule has 1 atom stereocenters. The van der Waals surface area contributed by atoms with E-state index in [2.05, 4.69) is 35.7 Å². The summed E-state index contributed by atoms with van der Waals surface area (Å²) < 4.78 is 6.00. The number of rotatable bonds is 4. The van der Waals surface area contributed by atoms with Gasteiger partial charge in [0.15, 0.2) is 0 Å². The molecule has 1 unspecified atom stereocenters. The second kappa shape index (κ2) is 5.43. The van der Waals surface area contributed by atoms with Crippen molar-refractivity contribution in [3.05, 3.63) is 64.9 Å². The van der Waals surface area contributed by atoms with Crippen LogP contribution in [0.5, 0.6) is 5.75 Å². The Kier molecular flexibility index (Phi) is 3.49. The predicted octanol–water partition coefficient (Wildman–Crippen LogP) is 3.98. The van der Waals surface area contributed by atoms with Gasteiger partial charge in [-0.2, -0.15) is 11.3 Å². The smallest absolute Gasteiger partial charge is 0.137 e. The lowest BCUT2D eigenvalue weighted by molar-refractivity contribution is 0.215. The van der Waals surface area contributed by atoms with Crippen LogP contribution in [0.3, 0.4) is 0 Å². The maximum Gasteiger partial charge on any atom is 0.137 e. The minimum atomic E-state index is -0.0765. The Hall–Kier alpha value is -1.84. The molecule has 3 aromatic rings. The van der Waals surface area contributed by atoms with E-state index in [0.717, 1.165) is 11.3 Å². The minimum Gasteiger partial charge on any atom is -0.484 e. The topological polar surface area (TPSA) is 35.2 Å². The van der Waals surface area contributed by atoms with Crippen molar-refractivity contribution in [1.29, 1.82) is 0 Å². The normalized spacial score (nSPS) is 12.5. The third-order valence-electron chi connectivity index (χ3n) is 3.13. The van der Waals surface area contributed by atoms with Crippen LogP contribution in [0.15, 0.2) is 59.3 Å². The summed E-state index contributed by atoms with van der Waals surface area (Å²) in [5.41, 5.74) is 6.94. The van der Waals surface area contributed by atoms with E-state index >= 15 is 0 Å². The second-order valence-corrected chi connectivity index (χ2v) is 5.19. The summed E-state index contributed by atoms with van der Waals surface area (Å²) in [7, 11) is 0. The van der Waals surface area contributed by atoms with Gasteiger partial charge in [0.05, 0.1) is 0 Å². The van der Waals surface area contributed by atoms with Crippen molar-refractivity contribution < 1.29 is 4.74 Å². The molecule has 19 heavy (non-hydrogen) atoms. The van der Waals surface area contributed by atoms with Gasteiger partial charge in [0.1, 0.15) is 11.9 Å². The minimum absolute atomic E-state index is 0.0765. The molecule has 0 radical (unpaired) electrons. The summed E-state index contributed by atoms with van der Waals surface area (Å²) in [4.78, 5) is 0. The lowest BCUT2D eigenvalue weighted by Crippen LogP contribution is -2.17. The molecule has 1 aromatic heterocycles. The van der Waals surface area contributed by atoms with Gasteiger partial charge in [0.25, 0.3) is 0 Å². The van der Waals surface area contributed by atoms with Gasteiger partial charge in [0, 0.05) is 12.1 Å². The highest BCUT2D eigenvalue weighted by atomic mass is 32.1. The first-order chi connectivity index (χ1) is 9.36. The largest absolute Gasteiger partial charge is 0.484 e. The fraction of sp³-hybridized carbons (Fsp3) is 0.125. The average Bonchev–Trinajstić information content (AvgIpc) is 2.98. The Bertz CT molecular complexity index is 663. The van der Waals surface area contributed by atoms with Crippen LogP contribution in [-0.4, -0.2) is 6.54 Å². The Balaban J connectivity index is 1.88. The van der Waals surface area contributed by atoms with Crippen molar-refractivity contribution in [2.75, 3.05) is 6.54 Å². The molecule has 0 saturated heterocycles. The van der Waals surface area contributed by atoms with E-state index in [9.17, 15) is 0 Å². The molecule has 96 valence electrons. The highest BCUT2D eigenvalue weighted by Crippen LogP contribution is 2.26. The molecule has 0 amide bonds. The van der Waals surface area contributed by atoms with Crippen LogP contribution in [0.1, 0.15) is 11.7 Å². The highest BCUT2D eigenvalue weighted by molar-refractivity contribution is 7.07. The molecule has 0 bridgehead atoms. The number of hydrogen-bond acceptors (Lipinski definition) is 3. The fourth-order valence-corrected chi connectivity index (χ4v) is 2.82. The number of benzene rings is 2. The maximum atomic E-state index is 6.00. The van der Waals surface area contributed by atoms with Crippen LogP contribution in [0.25, 0.3) is 10.8 Å². The van der Waals surface area contributed by atoms with Crippen molar-refractivity contribution in [3.8, 4) is 5.75 Å². The quantitative estimate of drug-likeness (QED) is 0.777. The molecule has 2 N–H and O–H groups in total. The Morgan fingerprint density at radius 1 is 1.05 bits per heavy atom. The van der Waals surface area contributed by atoms with E-state index in [-0.39, 0.29) is 6.10 Å². The van der Waals surface area contributed by atoms with Gasteiger partial charge >= 0.3 is 0 Å². The zero-order valence-corrected chi connectivity index (χ0v) is 11.3. The molecule has 0 aliphatic carbocycles. The van der Waals surface area contributed by atoms with Gasteiger partial charge < -0.3 is 10.5 Å². The standard InChI is InChI=1S/C16H15NOS/c17-10-16(14-7-8-19-11-14)18-15-6-5-12-3-1-2-4-13(12)9-15/h1-9,11,16H,10,17H2. The van der Waals surface area contributed by atoms with Gasteiger partial charge in [-0.05, 0) is 39.7 Å². The van der Waals surface area contributed by atoms with E-state index in [1.165, 1.54) is 10.8 Å². The van der Waals surface area contributed by atoms with Crippen LogP contribution in [-0.2, 0) is 0 Å². The predicted molar refractivity (Wildman–Crippen MR) is 80.7 cm³/mol. The molecule has 0 fully saturated rings. The first-order valence-corrected chi connectivity index (χ1v) is 7.19. The molecule has 3 rings (SSSR count). The van der Waals surface area contributed by atoms with Crippen molar-refractivity contribution in [2.45, 2.75) is 6.10 Å². The van der Waals surface area contributed by atoms with Gasteiger partial charge in [-0.15, -0.1) is 0 Å². The SMILES string of the molecule is NCC(Oc1ccc2ccccc2c1)c1ccsc1. The van der Waals surface area contributed by atoms with Crippen LogP contribution in [0.4, 0.5) is 0 Å². The van der Waals surface area contributed by atoms with Crippen LogP contribution in [0, 0.1) is 0 Å². The zero-order valence-electron chi connectivity index (χ0n) is 10.5. The Labute approximate surface area is 116 Å². The first kappa shape index (κ1) is 12.2. The molecule has 0 aliphatic rings. The van der Waals surface area contributed by atoms with Crippen molar-refractivity contribution in [2.24, 2.45) is 5.73 Å². The lowest BCUT2D eigenvalue weighted by atomic mass is 10.1. The summed E-state index contributed by atoms with van der Waals surface area (Å²) in [5.74, 6) is 0.861. The molecule has 0 spiro atoms. The molecule has 0 aliphatic heterocycles. The summed E-state index contributed by atoms with van der Waals surface area (Å²) >= 11 is 1.66. The number of fused-ring (bicyclic) bond motifs is 1. The third-order valence-corrected chi connectivity index (χ3v) is 3.83.